The highest BCUT2D eigenvalue weighted by Gasteiger charge is 2.04. The number of hydrogen-bond donors (Lipinski definition) is 1. The van der Waals surface area contributed by atoms with E-state index in [1.807, 2.05) is 24.1 Å². The molecule has 1 N–H and O–H groups in total. The van der Waals surface area contributed by atoms with Crippen molar-refractivity contribution in [2.45, 2.75) is 25.9 Å². The number of rotatable bonds is 5. The Morgan fingerprint density at radius 3 is 2.61 bits per heavy atom. The van der Waals surface area contributed by atoms with Crippen molar-refractivity contribution >= 4 is 15.9 Å². The van der Waals surface area contributed by atoms with Crippen molar-refractivity contribution in [2.75, 3.05) is 0 Å². The van der Waals surface area contributed by atoms with E-state index < -0.39 is 0 Å². The second-order valence-corrected chi connectivity index (χ2v) is 5.55. The number of nitrogens with zero attached hydrogens (tertiary/aromatic N) is 2. The summed E-state index contributed by atoms with van der Waals surface area (Å²) in [6.07, 6.45) is 4.98. The second-order valence-electron chi connectivity index (χ2n) is 4.63. The minimum absolute atomic E-state index is 0.450. The fourth-order valence-electron chi connectivity index (χ4n) is 1.90. The number of hydrogen-bond acceptors (Lipinski definition) is 2. The third-order valence-electron chi connectivity index (χ3n) is 2.87. The molecule has 2 aromatic rings. The van der Waals surface area contributed by atoms with Gasteiger partial charge < -0.3 is 5.32 Å². The van der Waals surface area contributed by atoms with Crippen LogP contribution in [0.5, 0.6) is 0 Å². The van der Waals surface area contributed by atoms with E-state index in [1.54, 1.807) is 0 Å². The van der Waals surface area contributed by atoms with Gasteiger partial charge in [0.15, 0.2) is 0 Å². The molecule has 0 bridgehead atoms. The van der Waals surface area contributed by atoms with Crippen molar-refractivity contribution in [3.63, 3.8) is 0 Å². The monoisotopic (exact) mass is 307 g/mol. The predicted octanol–water partition coefficient (Wildman–Crippen LogP) is 2.90. The summed E-state index contributed by atoms with van der Waals surface area (Å²) in [6.45, 7) is 3.07. The third kappa shape index (κ3) is 3.96. The Bertz CT molecular complexity index is 490. The van der Waals surface area contributed by atoms with Crippen LogP contribution in [0.3, 0.4) is 0 Å². The molecular weight excluding hydrogens is 290 g/mol. The molecule has 18 heavy (non-hydrogen) atoms. The molecule has 0 saturated heterocycles. The first-order valence-corrected chi connectivity index (χ1v) is 6.88. The maximum Gasteiger partial charge on any atom is 0.0534 e. The van der Waals surface area contributed by atoms with Crippen LogP contribution < -0.4 is 5.32 Å². The molecule has 1 heterocycles. The number of aromatic nitrogens is 2. The quantitative estimate of drug-likeness (QED) is 0.920. The Kier molecular flexibility index (Phi) is 4.55. The minimum Gasteiger partial charge on any atom is -0.310 e. The van der Waals surface area contributed by atoms with Crippen molar-refractivity contribution in [1.29, 1.82) is 0 Å². The van der Waals surface area contributed by atoms with Gasteiger partial charge in [0.25, 0.3) is 0 Å². The summed E-state index contributed by atoms with van der Waals surface area (Å²) < 4.78 is 2.96. The molecule has 0 aliphatic carbocycles. The molecule has 1 unspecified atom stereocenters. The van der Waals surface area contributed by atoms with Crippen LogP contribution in [-0.4, -0.2) is 15.8 Å². The molecule has 0 fully saturated rings. The predicted molar refractivity (Wildman–Crippen MR) is 77.4 cm³/mol. The molecule has 2 rings (SSSR count). The van der Waals surface area contributed by atoms with E-state index in [0.29, 0.717) is 6.04 Å². The fraction of sp³-hybridized carbons (Fsp3) is 0.357. The van der Waals surface area contributed by atoms with Crippen molar-refractivity contribution in [3.8, 4) is 0 Å². The SMILES string of the molecule is CC(Cc1ccc(Br)cc1)NCc1cnn(C)c1. The van der Waals surface area contributed by atoms with Crippen LogP contribution >= 0.6 is 15.9 Å². The molecule has 0 aliphatic heterocycles. The largest absolute Gasteiger partial charge is 0.310 e. The van der Waals surface area contributed by atoms with Gasteiger partial charge >= 0.3 is 0 Å². The third-order valence-corrected chi connectivity index (χ3v) is 3.40. The summed E-state index contributed by atoms with van der Waals surface area (Å²) in [5.74, 6) is 0. The highest BCUT2D eigenvalue weighted by Crippen LogP contribution is 2.12. The van der Waals surface area contributed by atoms with Crippen LogP contribution in [-0.2, 0) is 20.0 Å². The van der Waals surface area contributed by atoms with E-state index in [-0.39, 0.29) is 0 Å². The first-order valence-electron chi connectivity index (χ1n) is 6.09. The van der Waals surface area contributed by atoms with Crippen molar-refractivity contribution in [3.05, 3.63) is 52.3 Å². The van der Waals surface area contributed by atoms with Crippen molar-refractivity contribution in [1.82, 2.24) is 15.1 Å². The Labute approximate surface area is 116 Å². The smallest absolute Gasteiger partial charge is 0.0534 e. The molecule has 1 aromatic heterocycles. The molecule has 1 aromatic carbocycles. The van der Waals surface area contributed by atoms with Crippen LogP contribution in [0.4, 0.5) is 0 Å². The van der Waals surface area contributed by atoms with E-state index in [4.69, 9.17) is 0 Å². The summed E-state index contributed by atoms with van der Waals surface area (Å²) in [5.41, 5.74) is 2.57. The second kappa shape index (κ2) is 6.16. The fourth-order valence-corrected chi connectivity index (χ4v) is 2.17. The molecule has 0 aliphatic rings. The average Bonchev–Trinajstić information content (AvgIpc) is 2.76. The topological polar surface area (TPSA) is 29.9 Å². The van der Waals surface area contributed by atoms with Gasteiger partial charge in [-0.25, -0.2) is 0 Å². The lowest BCUT2D eigenvalue weighted by Crippen LogP contribution is -2.27. The zero-order valence-corrected chi connectivity index (χ0v) is 12.3. The van der Waals surface area contributed by atoms with Crippen molar-refractivity contribution in [2.24, 2.45) is 7.05 Å². The van der Waals surface area contributed by atoms with Crippen LogP contribution in [0.25, 0.3) is 0 Å². The Hall–Kier alpha value is -1.13. The van der Waals surface area contributed by atoms with Crippen LogP contribution in [0.2, 0.25) is 0 Å². The summed E-state index contributed by atoms with van der Waals surface area (Å²) in [6, 6.07) is 8.94. The molecule has 3 nitrogen and oxygen atoms in total. The van der Waals surface area contributed by atoms with Gasteiger partial charge in [-0.3, -0.25) is 4.68 Å². The van der Waals surface area contributed by atoms with Gasteiger partial charge in [-0.2, -0.15) is 5.10 Å². The van der Waals surface area contributed by atoms with Crippen LogP contribution in [0.15, 0.2) is 41.1 Å². The highest BCUT2D eigenvalue weighted by molar-refractivity contribution is 9.10. The Morgan fingerprint density at radius 2 is 2.00 bits per heavy atom. The lowest BCUT2D eigenvalue weighted by molar-refractivity contribution is 0.545. The molecule has 0 radical (unpaired) electrons. The van der Waals surface area contributed by atoms with Gasteiger partial charge in [-0.15, -0.1) is 0 Å². The molecule has 0 saturated carbocycles. The summed E-state index contributed by atoms with van der Waals surface area (Å²) in [5, 5.41) is 7.67. The normalized spacial score (nSPS) is 12.6. The Morgan fingerprint density at radius 1 is 1.28 bits per heavy atom. The Balaban J connectivity index is 1.81. The van der Waals surface area contributed by atoms with Gasteiger partial charge in [0.05, 0.1) is 6.20 Å². The van der Waals surface area contributed by atoms with Gasteiger partial charge in [0.2, 0.25) is 0 Å². The van der Waals surface area contributed by atoms with E-state index in [9.17, 15) is 0 Å². The van der Waals surface area contributed by atoms with Crippen LogP contribution in [0.1, 0.15) is 18.1 Å². The zero-order chi connectivity index (χ0) is 13.0. The zero-order valence-electron chi connectivity index (χ0n) is 10.7. The molecule has 1 atom stereocenters. The first-order chi connectivity index (χ1) is 8.63. The number of halogens is 1. The standard InChI is InChI=1S/C14H18BrN3/c1-11(7-12-3-5-14(15)6-4-12)16-8-13-9-17-18(2)10-13/h3-6,9-11,16H,7-8H2,1-2H3. The van der Waals surface area contributed by atoms with E-state index in [0.717, 1.165) is 17.4 Å². The summed E-state index contributed by atoms with van der Waals surface area (Å²) in [4.78, 5) is 0. The van der Waals surface area contributed by atoms with E-state index in [2.05, 4.69) is 57.5 Å². The van der Waals surface area contributed by atoms with E-state index >= 15 is 0 Å². The maximum absolute atomic E-state index is 4.16. The maximum atomic E-state index is 4.16. The number of nitrogens with one attached hydrogen (secondary N) is 1. The van der Waals surface area contributed by atoms with E-state index in [1.165, 1.54) is 11.1 Å². The first kappa shape index (κ1) is 13.3. The van der Waals surface area contributed by atoms with Gasteiger partial charge in [0, 0.05) is 35.9 Å². The lowest BCUT2D eigenvalue weighted by atomic mass is 10.1. The molecular formula is C14H18BrN3. The number of aryl methyl sites for hydroxylation is 1. The van der Waals surface area contributed by atoms with Crippen molar-refractivity contribution < 1.29 is 0 Å². The molecule has 4 heteroatoms. The van der Waals surface area contributed by atoms with Crippen LogP contribution in [0, 0.1) is 0 Å². The molecule has 0 spiro atoms. The minimum atomic E-state index is 0.450. The average molecular weight is 308 g/mol. The van der Waals surface area contributed by atoms with Gasteiger partial charge in [0.1, 0.15) is 0 Å². The molecule has 96 valence electrons. The summed E-state index contributed by atoms with van der Waals surface area (Å²) >= 11 is 3.45. The lowest BCUT2D eigenvalue weighted by Gasteiger charge is -2.13. The van der Waals surface area contributed by atoms with Gasteiger partial charge in [-0.05, 0) is 31.0 Å². The molecule has 0 amide bonds. The van der Waals surface area contributed by atoms with Gasteiger partial charge in [-0.1, -0.05) is 28.1 Å². The highest BCUT2D eigenvalue weighted by atomic mass is 79.9. The number of benzene rings is 1. The summed E-state index contributed by atoms with van der Waals surface area (Å²) in [7, 11) is 1.94.